The molecule has 3 heteroatoms. The minimum absolute atomic E-state index is 0.205. The minimum atomic E-state index is -0.544. The predicted octanol–water partition coefficient (Wildman–Crippen LogP) is 5.55. The largest absolute Gasteiger partial charge is 0.393 e. The van der Waals surface area contributed by atoms with E-state index in [9.17, 15) is 15.3 Å². The standard InChI is InChI=1S/C27H48O3/c1-17(7-6-12-25(2,3)30)20-8-9-21-19-16-24(29)23-15-18(28)10-13-27(23,5)22(19)11-14-26(20,21)4/h17-24,28-30H,6-16H2,1-5H3/t17-,18-,19+,20-,21+,22+,23+,24+,26-,27-/m1/s1. The lowest BCUT2D eigenvalue weighted by Crippen LogP contribution is -2.58. The van der Waals surface area contributed by atoms with Crippen molar-refractivity contribution in [2.45, 2.75) is 123 Å². The van der Waals surface area contributed by atoms with Crippen LogP contribution in [0.1, 0.15) is 105 Å². The molecule has 174 valence electrons. The molecule has 0 spiro atoms. The Balaban J connectivity index is 1.48. The van der Waals surface area contributed by atoms with Crippen molar-refractivity contribution in [3.63, 3.8) is 0 Å². The van der Waals surface area contributed by atoms with E-state index in [4.69, 9.17) is 0 Å². The maximum Gasteiger partial charge on any atom is 0.0591 e. The first-order chi connectivity index (χ1) is 14.0. The topological polar surface area (TPSA) is 60.7 Å². The molecule has 0 unspecified atom stereocenters. The quantitative estimate of drug-likeness (QED) is 0.546. The molecule has 0 bridgehead atoms. The Hall–Kier alpha value is -0.120. The fraction of sp³-hybridized carbons (Fsp3) is 1.00. The van der Waals surface area contributed by atoms with Crippen molar-refractivity contribution in [1.29, 1.82) is 0 Å². The zero-order valence-corrected chi connectivity index (χ0v) is 20.2. The van der Waals surface area contributed by atoms with Crippen LogP contribution in [-0.4, -0.2) is 33.1 Å². The summed E-state index contributed by atoms with van der Waals surface area (Å²) in [5.41, 5.74) is 0.101. The summed E-state index contributed by atoms with van der Waals surface area (Å²) in [7, 11) is 0. The van der Waals surface area contributed by atoms with Crippen LogP contribution in [0.25, 0.3) is 0 Å². The molecule has 4 saturated carbocycles. The Morgan fingerprint density at radius 3 is 2.27 bits per heavy atom. The highest BCUT2D eigenvalue weighted by Gasteiger charge is 2.62. The molecule has 30 heavy (non-hydrogen) atoms. The Morgan fingerprint density at radius 1 is 0.900 bits per heavy atom. The summed E-state index contributed by atoms with van der Waals surface area (Å²) < 4.78 is 0. The maximum absolute atomic E-state index is 11.2. The van der Waals surface area contributed by atoms with Crippen LogP contribution < -0.4 is 0 Å². The summed E-state index contributed by atoms with van der Waals surface area (Å²) in [5, 5.41) is 31.5. The normalized spacial score (nSPS) is 49.8. The van der Waals surface area contributed by atoms with Gasteiger partial charge in [0.1, 0.15) is 0 Å². The van der Waals surface area contributed by atoms with Gasteiger partial charge in [0.05, 0.1) is 17.8 Å². The monoisotopic (exact) mass is 420 g/mol. The summed E-state index contributed by atoms with van der Waals surface area (Å²) in [6.07, 6.45) is 12.0. The molecule has 4 fully saturated rings. The van der Waals surface area contributed by atoms with Gasteiger partial charge in [-0.2, -0.15) is 0 Å². The number of hydrogen-bond acceptors (Lipinski definition) is 3. The van der Waals surface area contributed by atoms with E-state index in [1.165, 1.54) is 32.1 Å². The van der Waals surface area contributed by atoms with Gasteiger partial charge in [0.25, 0.3) is 0 Å². The molecule has 0 amide bonds. The summed E-state index contributed by atoms with van der Waals surface area (Å²) in [6.45, 7) is 11.4. The zero-order valence-electron chi connectivity index (χ0n) is 20.2. The van der Waals surface area contributed by atoms with E-state index < -0.39 is 5.60 Å². The van der Waals surface area contributed by atoms with Crippen LogP contribution in [0.4, 0.5) is 0 Å². The van der Waals surface area contributed by atoms with Gasteiger partial charge >= 0.3 is 0 Å². The highest BCUT2D eigenvalue weighted by atomic mass is 16.3. The van der Waals surface area contributed by atoms with E-state index in [1.807, 2.05) is 13.8 Å². The molecule has 0 heterocycles. The van der Waals surface area contributed by atoms with Crippen LogP contribution in [0, 0.1) is 46.3 Å². The molecular formula is C27H48O3. The predicted molar refractivity (Wildman–Crippen MR) is 122 cm³/mol. The second kappa shape index (κ2) is 8.03. The van der Waals surface area contributed by atoms with Crippen molar-refractivity contribution in [3.05, 3.63) is 0 Å². The van der Waals surface area contributed by atoms with Crippen molar-refractivity contribution in [1.82, 2.24) is 0 Å². The van der Waals surface area contributed by atoms with Crippen LogP contribution in [0.15, 0.2) is 0 Å². The number of hydrogen-bond donors (Lipinski definition) is 3. The molecule has 0 radical (unpaired) electrons. The summed E-state index contributed by atoms with van der Waals surface area (Å²) in [4.78, 5) is 0. The van der Waals surface area contributed by atoms with Crippen LogP contribution in [0.5, 0.6) is 0 Å². The summed E-state index contributed by atoms with van der Waals surface area (Å²) in [5.74, 6) is 3.98. The minimum Gasteiger partial charge on any atom is -0.393 e. The Morgan fingerprint density at radius 2 is 1.57 bits per heavy atom. The van der Waals surface area contributed by atoms with Crippen LogP contribution in [0.2, 0.25) is 0 Å². The first kappa shape index (κ1) is 23.1. The molecule has 0 aromatic heterocycles. The number of aliphatic hydroxyl groups excluding tert-OH is 2. The molecular weight excluding hydrogens is 372 g/mol. The molecule has 3 nitrogen and oxygen atoms in total. The van der Waals surface area contributed by atoms with Crippen molar-refractivity contribution < 1.29 is 15.3 Å². The van der Waals surface area contributed by atoms with Gasteiger partial charge in [-0.25, -0.2) is 0 Å². The lowest BCUT2D eigenvalue weighted by atomic mass is 9.44. The second-order valence-corrected chi connectivity index (χ2v) is 13.1. The molecule has 4 aliphatic rings. The molecule has 0 aromatic rings. The average Bonchev–Trinajstić information content (AvgIpc) is 3.00. The van der Waals surface area contributed by atoms with Gasteiger partial charge in [0.15, 0.2) is 0 Å². The maximum atomic E-state index is 11.2. The van der Waals surface area contributed by atoms with Crippen LogP contribution >= 0.6 is 0 Å². The van der Waals surface area contributed by atoms with Gasteiger partial charge in [-0.3, -0.25) is 0 Å². The molecule has 0 saturated heterocycles. The van der Waals surface area contributed by atoms with E-state index >= 15 is 0 Å². The highest BCUT2D eigenvalue weighted by molar-refractivity contribution is 5.11. The van der Waals surface area contributed by atoms with E-state index in [0.717, 1.165) is 62.2 Å². The van der Waals surface area contributed by atoms with Crippen molar-refractivity contribution in [3.8, 4) is 0 Å². The fourth-order valence-corrected chi connectivity index (χ4v) is 9.31. The molecule has 10 atom stereocenters. The van der Waals surface area contributed by atoms with Crippen LogP contribution in [0.3, 0.4) is 0 Å². The smallest absolute Gasteiger partial charge is 0.0591 e. The van der Waals surface area contributed by atoms with E-state index in [2.05, 4.69) is 20.8 Å². The lowest BCUT2D eigenvalue weighted by Gasteiger charge is -2.62. The number of aliphatic hydroxyl groups is 3. The van der Waals surface area contributed by atoms with E-state index in [1.54, 1.807) is 0 Å². The van der Waals surface area contributed by atoms with E-state index in [-0.39, 0.29) is 17.6 Å². The lowest BCUT2D eigenvalue weighted by molar-refractivity contribution is -0.172. The third-order valence-electron chi connectivity index (χ3n) is 10.9. The highest BCUT2D eigenvalue weighted by Crippen LogP contribution is 2.68. The Bertz CT molecular complexity index is 612. The molecule has 4 rings (SSSR count). The summed E-state index contributed by atoms with van der Waals surface area (Å²) >= 11 is 0. The van der Waals surface area contributed by atoms with Gasteiger partial charge in [0.2, 0.25) is 0 Å². The molecule has 0 aliphatic heterocycles. The van der Waals surface area contributed by atoms with Gasteiger partial charge < -0.3 is 15.3 Å². The van der Waals surface area contributed by atoms with Crippen LogP contribution in [-0.2, 0) is 0 Å². The third-order valence-corrected chi connectivity index (χ3v) is 10.9. The van der Waals surface area contributed by atoms with Gasteiger partial charge in [0, 0.05) is 0 Å². The van der Waals surface area contributed by atoms with Gasteiger partial charge in [-0.15, -0.1) is 0 Å². The Kier molecular flexibility index (Phi) is 6.17. The zero-order chi connectivity index (χ0) is 21.9. The average molecular weight is 421 g/mol. The van der Waals surface area contributed by atoms with Crippen molar-refractivity contribution in [2.24, 2.45) is 46.3 Å². The molecule has 4 aliphatic carbocycles. The number of rotatable bonds is 5. The SMILES string of the molecule is C[C@H](CCCC(C)(C)O)[C@H]1CC[C@H]2[C@@H]3C[C@H](O)[C@@H]4C[C@H](O)CC[C@]4(C)[C@H]3CC[C@]12C. The first-order valence-electron chi connectivity index (χ1n) is 13.0. The molecule has 3 N–H and O–H groups in total. The fourth-order valence-electron chi connectivity index (χ4n) is 9.31. The second-order valence-electron chi connectivity index (χ2n) is 13.1. The molecule has 0 aromatic carbocycles. The summed E-state index contributed by atoms with van der Waals surface area (Å²) in [6, 6.07) is 0. The van der Waals surface area contributed by atoms with E-state index in [0.29, 0.717) is 17.3 Å². The Labute approximate surface area is 185 Å². The number of fused-ring (bicyclic) bond motifs is 5. The van der Waals surface area contributed by atoms with Gasteiger partial charge in [-0.1, -0.05) is 33.6 Å². The third kappa shape index (κ3) is 3.90. The van der Waals surface area contributed by atoms with Crippen molar-refractivity contribution >= 4 is 0 Å². The first-order valence-corrected chi connectivity index (χ1v) is 13.0. The van der Waals surface area contributed by atoms with Crippen molar-refractivity contribution in [2.75, 3.05) is 0 Å². The van der Waals surface area contributed by atoms with Gasteiger partial charge in [-0.05, 0) is 118 Å².